The van der Waals surface area contributed by atoms with Crippen molar-refractivity contribution in [2.75, 3.05) is 24.5 Å². The third kappa shape index (κ3) is 6.65. The molecule has 1 aromatic heterocycles. The summed E-state index contributed by atoms with van der Waals surface area (Å²) in [5.74, 6) is 0.755. The van der Waals surface area contributed by atoms with Gasteiger partial charge in [-0.15, -0.1) is 0 Å². The molecule has 0 bridgehead atoms. The molecule has 1 aliphatic carbocycles. The van der Waals surface area contributed by atoms with Crippen molar-refractivity contribution in [2.24, 2.45) is 0 Å². The number of aromatic nitrogens is 2. The van der Waals surface area contributed by atoms with Crippen LogP contribution >= 0.6 is 0 Å². The van der Waals surface area contributed by atoms with E-state index < -0.39 is 0 Å². The van der Waals surface area contributed by atoms with Gasteiger partial charge in [-0.25, -0.2) is 14.8 Å². The first-order valence-corrected chi connectivity index (χ1v) is 10.6. The maximum absolute atomic E-state index is 12.2. The molecule has 2 heterocycles. The van der Waals surface area contributed by atoms with Gasteiger partial charge in [0.25, 0.3) is 0 Å². The fourth-order valence-electron chi connectivity index (χ4n) is 3.97. The van der Waals surface area contributed by atoms with Gasteiger partial charge >= 0.3 is 6.03 Å². The van der Waals surface area contributed by atoms with Crippen LogP contribution in [0.3, 0.4) is 0 Å². The van der Waals surface area contributed by atoms with Crippen LogP contribution in [0, 0.1) is 0 Å². The fourth-order valence-corrected chi connectivity index (χ4v) is 3.97. The molecule has 8 heteroatoms. The summed E-state index contributed by atoms with van der Waals surface area (Å²) in [5.41, 5.74) is 0. The van der Waals surface area contributed by atoms with E-state index in [9.17, 15) is 9.59 Å². The molecule has 28 heavy (non-hydrogen) atoms. The second-order valence-corrected chi connectivity index (χ2v) is 7.74. The molecule has 2 aliphatic rings. The van der Waals surface area contributed by atoms with Gasteiger partial charge in [0.05, 0.1) is 0 Å². The lowest BCUT2D eigenvalue weighted by atomic mass is 9.96. The summed E-state index contributed by atoms with van der Waals surface area (Å²) in [5, 5.41) is 9.00. The predicted octanol–water partition coefficient (Wildman–Crippen LogP) is 1.97. The van der Waals surface area contributed by atoms with Crippen LogP contribution < -0.4 is 20.9 Å². The first-order valence-electron chi connectivity index (χ1n) is 10.6. The van der Waals surface area contributed by atoms with Crippen LogP contribution in [0.15, 0.2) is 18.5 Å². The van der Waals surface area contributed by atoms with E-state index in [4.69, 9.17) is 0 Å². The quantitative estimate of drug-likeness (QED) is 0.620. The average Bonchev–Trinajstić information content (AvgIpc) is 2.73. The Morgan fingerprint density at radius 3 is 2.54 bits per heavy atom. The van der Waals surface area contributed by atoms with E-state index >= 15 is 0 Å². The number of carbonyl (C=O) groups excluding carboxylic acids is 2. The van der Waals surface area contributed by atoms with E-state index in [1.165, 1.54) is 19.3 Å². The Morgan fingerprint density at radius 1 is 1.00 bits per heavy atom. The molecule has 1 aliphatic heterocycles. The summed E-state index contributed by atoms with van der Waals surface area (Å²) >= 11 is 0. The van der Waals surface area contributed by atoms with Crippen molar-refractivity contribution >= 4 is 17.9 Å². The molecule has 3 rings (SSSR count). The molecule has 3 amide bonds. The number of amides is 3. The molecular weight excluding hydrogens is 356 g/mol. The monoisotopic (exact) mass is 388 g/mol. The van der Waals surface area contributed by atoms with Gasteiger partial charge in [-0.05, 0) is 38.2 Å². The summed E-state index contributed by atoms with van der Waals surface area (Å²) < 4.78 is 0. The Morgan fingerprint density at radius 2 is 1.75 bits per heavy atom. The van der Waals surface area contributed by atoms with Gasteiger partial charge in [-0.2, -0.15) is 0 Å². The molecule has 1 atom stereocenters. The van der Waals surface area contributed by atoms with Crippen LogP contribution in [0.1, 0.15) is 57.8 Å². The molecule has 1 unspecified atom stereocenters. The van der Waals surface area contributed by atoms with Crippen molar-refractivity contribution in [1.82, 2.24) is 25.9 Å². The Kier molecular flexibility index (Phi) is 7.87. The largest absolute Gasteiger partial charge is 0.352 e. The number of rotatable bonds is 7. The second kappa shape index (κ2) is 10.8. The lowest BCUT2D eigenvalue weighted by molar-refractivity contribution is -0.121. The van der Waals surface area contributed by atoms with Crippen LogP contribution in [-0.4, -0.2) is 53.6 Å². The summed E-state index contributed by atoms with van der Waals surface area (Å²) in [6.07, 6.45) is 12.3. The van der Waals surface area contributed by atoms with Crippen molar-refractivity contribution in [1.29, 1.82) is 0 Å². The summed E-state index contributed by atoms with van der Waals surface area (Å²) in [6.45, 7) is 2.16. The van der Waals surface area contributed by atoms with Gasteiger partial charge < -0.3 is 20.9 Å². The van der Waals surface area contributed by atoms with E-state index in [2.05, 4.69) is 30.8 Å². The number of nitrogens with one attached hydrogen (secondary N) is 3. The van der Waals surface area contributed by atoms with Crippen LogP contribution in [0.5, 0.6) is 0 Å². The van der Waals surface area contributed by atoms with Crippen molar-refractivity contribution in [3.63, 3.8) is 0 Å². The summed E-state index contributed by atoms with van der Waals surface area (Å²) in [4.78, 5) is 34.8. The third-order valence-electron chi connectivity index (χ3n) is 5.43. The minimum atomic E-state index is -0.113. The van der Waals surface area contributed by atoms with Gasteiger partial charge in [-0.1, -0.05) is 19.3 Å². The predicted molar refractivity (Wildman–Crippen MR) is 108 cm³/mol. The number of carbonyl (C=O) groups is 2. The fraction of sp³-hybridized carbons (Fsp3) is 0.700. The topological polar surface area (TPSA) is 99.2 Å². The molecule has 8 nitrogen and oxygen atoms in total. The Hall–Kier alpha value is -2.38. The van der Waals surface area contributed by atoms with Crippen LogP contribution in [-0.2, 0) is 4.79 Å². The van der Waals surface area contributed by atoms with Crippen molar-refractivity contribution < 1.29 is 9.59 Å². The molecule has 0 spiro atoms. The third-order valence-corrected chi connectivity index (χ3v) is 5.43. The highest BCUT2D eigenvalue weighted by Crippen LogP contribution is 2.17. The first-order chi connectivity index (χ1) is 13.7. The lowest BCUT2D eigenvalue weighted by Gasteiger charge is -2.33. The van der Waals surface area contributed by atoms with Crippen LogP contribution in [0.2, 0.25) is 0 Å². The minimum absolute atomic E-state index is 0.0373. The minimum Gasteiger partial charge on any atom is -0.352 e. The number of hydrogen-bond donors (Lipinski definition) is 3. The Balaban J connectivity index is 1.29. The standard InChI is InChI=1S/C20H32N6O2/c27-18(10-4-11-23-20(28)25-16-7-2-1-3-8-16)24-17-9-5-14-26(15-17)19-21-12-6-13-22-19/h6,12-13,16-17H,1-5,7-11,14-15H2,(H,24,27)(H2,23,25,28). The molecule has 0 radical (unpaired) electrons. The van der Waals surface area contributed by atoms with Crippen LogP contribution in [0.25, 0.3) is 0 Å². The zero-order valence-electron chi connectivity index (χ0n) is 16.5. The maximum atomic E-state index is 12.2. The zero-order chi connectivity index (χ0) is 19.6. The van der Waals surface area contributed by atoms with E-state index in [0.29, 0.717) is 25.4 Å². The smallest absolute Gasteiger partial charge is 0.315 e. The van der Waals surface area contributed by atoms with Gasteiger partial charge in [-0.3, -0.25) is 4.79 Å². The SMILES string of the molecule is O=C(CCCNC(=O)NC1CCCCC1)NC1CCCN(c2ncccn2)C1. The summed E-state index contributed by atoms with van der Waals surface area (Å²) in [7, 11) is 0. The van der Waals surface area contributed by atoms with E-state index in [1.807, 2.05) is 0 Å². The molecule has 1 saturated heterocycles. The number of piperidine rings is 1. The van der Waals surface area contributed by atoms with Crippen molar-refractivity contribution in [3.05, 3.63) is 18.5 Å². The van der Waals surface area contributed by atoms with Crippen molar-refractivity contribution in [3.8, 4) is 0 Å². The zero-order valence-corrected chi connectivity index (χ0v) is 16.5. The van der Waals surface area contributed by atoms with Crippen molar-refractivity contribution in [2.45, 2.75) is 69.9 Å². The van der Waals surface area contributed by atoms with Gasteiger partial charge in [0.2, 0.25) is 11.9 Å². The lowest BCUT2D eigenvalue weighted by Crippen LogP contribution is -2.48. The molecule has 0 aromatic carbocycles. The number of anilines is 1. The number of urea groups is 1. The molecule has 1 aromatic rings. The highest BCUT2D eigenvalue weighted by molar-refractivity contribution is 5.76. The van der Waals surface area contributed by atoms with E-state index in [1.54, 1.807) is 18.5 Å². The van der Waals surface area contributed by atoms with Gasteiger partial charge in [0, 0.05) is 50.5 Å². The molecule has 1 saturated carbocycles. The highest BCUT2D eigenvalue weighted by atomic mass is 16.2. The normalized spacial score (nSPS) is 20.4. The average molecular weight is 389 g/mol. The maximum Gasteiger partial charge on any atom is 0.315 e. The summed E-state index contributed by atoms with van der Waals surface area (Å²) in [6, 6.07) is 2.11. The molecular formula is C20H32N6O2. The van der Waals surface area contributed by atoms with E-state index in [0.717, 1.165) is 44.7 Å². The first kappa shape index (κ1) is 20.4. The van der Waals surface area contributed by atoms with Crippen LogP contribution in [0.4, 0.5) is 10.7 Å². The number of hydrogen-bond acceptors (Lipinski definition) is 5. The number of nitrogens with zero attached hydrogens (tertiary/aromatic N) is 3. The van der Waals surface area contributed by atoms with E-state index in [-0.39, 0.29) is 18.0 Å². The second-order valence-electron chi connectivity index (χ2n) is 7.74. The molecule has 3 N–H and O–H groups in total. The highest BCUT2D eigenvalue weighted by Gasteiger charge is 2.22. The van der Waals surface area contributed by atoms with Gasteiger partial charge in [0.1, 0.15) is 0 Å². The van der Waals surface area contributed by atoms with Gasteiger partial charge in [0.15, 0.2) is 0 Å². The Bertz CT molecular complexity index is 620. The molecule has 2 fully saturated rings. The molecule has 154 valence electrons. The Labute approximate surface area is 166 Å².